The first kappa shape index (κ1) is 23.2. The minimum atomic E-state index is -0.949. The molecule has 9 nitrogen and oxygen atoms in total. The molecule has 0 saturated carbocycles. The Morgan fingerprint density at radius 3 is 2.56 bits per heavy atom. The van der Waals surface area contributed by atoms with Crippen LogP contribution in [0.15, 0.2) is 0 Å². The molecule has 0 aliphatic carbocycles. The normalized spacial score (nSPS) is 12.7. The molecule has 3 N–H and O–H groups in total. The third-order valence-electron chi connectivity index (χ3n) is 4.38. The zero-order valence-electron chi connectivity index (χ0n) is 17.2. The molecular weight excluding hydrogens is 347 g/mol. The Hall–Kier alpha value is -1.81. The number of nitrogens with zero attached hydrogens (tertiary/aromatic N) is 4. The molecule has 152 valence electrons. The van der Waals surface area contributed by atoms with Crippen LogP contribution in [0, 0.1) is 0 Å². The van der Waals surface area contributed by atoms with E-state index in [1.54, 1.807) is 25.4 Å². The molecule has 0 radical (unpaired) electrons. The number of unbranched alkanes of at least 4 members (excludes halogenated alkanes) is 2. The highest BCUT2D eigenvalue weighted by atomic mass is 16.2. The number of aromatic nitrogens is 4. The maximum absolute atomic E-state index is 12.6. The summed E-state index contributed by atoms with van der Waals surface area (Å²) in [6, 6.07) is -0.377. The number of carbonyl (C=O) groups is 2. The van der Waals surface area contributed by atoms with E-state index in [9.17, 15) is 14.6 Å². The second-order valence-electron chi connectivity index (χ2n) is 7.39. The van der Waals surface area contributed by atoms with Gasteiger partial charge >= 0.3 is 7.05 Å². The Morgan fingerprint density at radius 2 is 1.96 bits per heavy atom. The highest BCUT2D eigenvalue weighted by Gasteiger charge is 2.32. The van der Waals surface area contributed by atoms with Gasteiger partial charge in [0.2, 0.25) is 5.91 Å². The summed E-state index contributed by atoms with van der Waals surface area (Å²) in [4.78, 5) is 24.6. The maximum atomic E-state index is 12.6. The van der Waals surface area contributed by atoms with Crippen molar-refractivity contribution < 1.29 is 14.6 Å². The van der Waals surface area contributed by atoms with Gasteiger partial charge in [0.15, 0.2) is 5.82 Å². The van der Waals surface area contributed by atoms with Gasteiger partial charge in [-0.05, 0) is 43.9 Å². The van der Waals surface area contributed by atoms with Gasteiger partial charge in [0.1, 0.15) is 5.78 Å². The first-order valence-electron chi connectivity index (χ1n) is 9.75. The van der Waals surface area contributed by atoms with Crippen molar-refractivity contribution in [3.8, 4) is 0 Å². The standard InChI is InChI=1S/C17H33BN6O3/c1-6-8-9-10-13(25)11-12-24-15(20-22-23-24)14(7-2)19-16(26)17(3,4)21-18(5)27/h14,21,27H,6-12H2,1-5H3,(H,19,26). The van der Waals surface area contributed by atoms with Crippen LogP contribution in [0.3, 0.4) is 0 Å². The molecule has 0 aliphatic heterocycles. The van der Waals surface area contributed by atoms with Gasteiger partial charge in [-0.3, -0.25) is 9.59 Å². The number of carbonyl (C=O) groups excluding carboxylic acids is 2. The van der Waals surface area contributed by atoms with Crippen molar-refractivity contribution in [3.63, 3.8) is 0 Å². The van der Waals surface area contributed by atoms with Crippen molar-refractivity contribution >= 4 is 18.7 Å². The SMILES string of the molecule is CCCCCC(=O)CCn1nnnc1C(CC)NC(=O)C(C)(C)NB(C)O. The molecule has 1 rings (SSSR count). The number of amides is 1. The molecule has 0 aliphatic rings. The fraction of sp³-hybridized carbons (Fsp3) is 0.824. The molecule has 1 unspecified atom stereocenters. The zero-order valence-corrected chi connectivity index (χ0v) is 17.2. The van der Waals surface area contributed by atoms with Gasteiger partial charge in [-0.25, -0.2) is 4.68 Å². The lowest BCUT2D eigenvalue weighted by atomic mass is 9.83. The molecule has 0 fully saturated rings. The quantitative estimate of drug-likeness (QED) is 0.348. The van der Waals surface area contributed by atoms with Crippen LogP contribution in [0.1, 0.15) is 78.1 Å². The Bertz CT molecular complexity index is 605. The van der Waals surface area contributed by atoms with E-state index in [0.29, 0.717) is 31.6 Å². The van der Waals surface area contributed by atoms with Crippen LogP contribution < -0.4 is 10.5 Å². The van der Waals surface area contributed by atoms with Gasteiger partial charge in [-0.15, -0.1) is 5.10 Å². The molecule has 1 amide bonds. The van der Waals surface area contributed by atoms with Gasteiger partial charge in [0.25, 0.3) is 0 Å². The van der Waals surface area contributed by atoms with Gasteiger partial charge in [0.05, 0.1) is 18.1 Å². The average Bonchev–Trinajstić information content (AvgIpc) is 3.05. The summed E-state index contributed by atoms with van der Waals surface area (Å²) in [5, 5.41) is 27.0. The molecular formula is C17H33BN6O3. The minimum Gasteiger partial charge on any atom is -0.437 e. The highest BCUT2D eigenvalue weighted by molar-refractivity contribution is 6.46. The Morgan fingerprint density at radius 1 is 1.26 bits per heavy atom. The molecule has 1 atom stereocenters. The molecule has 0 saturated heterocycles. The number of ketones is 1. The van der Waals surface area contributed by atoms with E-state index in [4.69, 9.17) is 0 Å². The van der Waals surface area contributed by atoms with Gasteiger partial charge in [-0.1, -0.05) is 26.7 Å². The lowest BCUT2D eigenvalue weighted by molar-refractivity contribution is -0.126. The van der Waals surface area contributed by atoms with Crippen LogP contribution in [0.5, 0.6) is 0 Å². The van der Waals surface area contributed by atoms with E-state index >= 15 is 0 Å². The van der Waals surface area contributed by atoms with E-state index in [0.717, 1.165) is 19.3 Å². The monoisotopic (exact) mass is 380 g/mol. The van der Waals surface area contributed by atoms with Crippen molar-refractivity contribution in [2.24, 2.45) is 0 Å². The molecule has 10 heteroatoms. The van der Waals surface area contributed by atoms with E-state index in [-0.39, 0.29) is 17.7 Å². The van der Waals surface area contributed by atoms with Crippen molar-refractivity contribution in [1.82, 2.24) is 30.8 Å². The summed E-state index contributed by atoms with van der Waals surface area (Å²) in [7, 11) is -0.810. The molecule has 0 aromatic carbocycles. The summed E-state index contributed by atoms with van der Waals surface area (Å²) in [5.74, 6) is 0.463. The Labute approximate surface area is 161 Å². The van der Waals surface area contributed by atoms with Crippen LogP contribution in [-0.2, 0) is 16.1 Å². The number of hydrogen-bond acceptors (Lipinski definition) is 7. The first-order chi connectivity index (χ1) is 12.7. The number of aryl methyl sites for hydroxylation is 1. The molecule has 0 spiro atoms. The van der Waals surface area contributed by atoms with Gasteiger partial charge < -0.3 is 15.6 Å². The first-order valence-corrected chi connectivity index (χ1v) is 9.75. The van der Waals surface area contributed by atoms with Gasteiger partial charge in [0, 0.05) is 12.8 Å². The van der Waals surface area contributed by atoms with Crippen molar-refractivity contribution in [2.75, 3.05) is 0 Å². The fourth-order valence-electron chi connectivity index (χ4n) is 2.82. The van der Waals surface area contributed by atoms with Gasteiger partial charge in [-0.2, -0.15) is 0 Å². The second kappa shape index (κ2) is 11.1. The lowest BCUT2D eigenvalue weighted by Gasteiger charge is -2.28. The summed E-state index contributed by atoms with van der Waals surface area (Å²) in [5.41, 5.74) is -0.949. The second-order valence-corrected chi connectivity index (χ2v) is 7.39. The average molecular weight is 380 g/mol. The predicted octanol–water partition coefficient (Wildman–Crippen LogP) is 1.26. The van der Waals surface area contributed by atoms with E-state index < -0.39 is 12.6 Å². The van der Waals surface area contributed by atoms with Crippen molar-refractivity contribution in [1.29, 1.82) is 0 Å². The molecule has 1 heterocycles. The number of nitrogens with one attached hydrogen (secondary N) is 2. The number of tetrazole rings is 1. The zero-order chi connectivity index (χ0) is 20.4. The minimum absolute atomic E-state index is 0.198. The van der Waals surface area contributed by atoms with Crippen molar-refractivity contribution in [2.45, 2.75) is 91.2 Å². The number of Topliss-reactive ketones (excluding diaryl/α,β-unsaturated/α-hetero) is 1. The molecule has 0 bridgehead atoms. The van der Waals surface area contributed by atoms with Crippen LogP contribution in [-0.4, -0.2) is 49.5 Å². The van der Waals surface area contributed by atoms with Crippen LogP contribution in [0.25, 0.3) is 0 Å². The fourth-order valence-corrected chi connectivity index (χ4v) is 2.82. The molecule has 27 heavy (non-hydrogen) atoms. The van der Waals surface area contributed by atoms with E-state index in [2.05, 4.69) is 33.0 Å². The summed E-state index contributed by atoms with van der Waals surface area (Å²) in [6.07, 6.45) is 4.61. The Kier molecular flexibility index (Phi) is 9.58. The van der Waals surface area contributed by atoms with Crippen LogP contribution >= 0.6 is 0 Å². The van der Waals surface area contributed by atoms with Crippen LogP contribution in [0.2, 0.25) is 6.82 Å². The van der Waals surface area contributed by atoms with E-state index in [1.807, 2.05) is 6.92 Å². The van der Waals surface area contributed by atoms with Crippen LogP contribution in [0.4, 0.5) is 0 Å². The number of rotatable bonds is 13. The predicted molar refractivity (Wildman–Crippen MR) is 104 cm³/mol. The third kappa shape index (κ3) is 7.76. The lowest BCUT2D eigenvalue weighted by Crippen LogP contribution is -2.57. The summed E-state index contributed by atoms with van der Waals surface area (Å²) < 4.78 is 1.58. The smallest absolute Gasteiger partial charge is 0.374 e. The number of hydrogen-bond donors (Lipinski definition) is 3. The van der Waals surface area contributed by atoms with Crippen molar-refractivity contribution in [3.05, 3.63) is 5.82 Å². The summed E-state index contributed by atoms with van der Waals surface area (Å²) >= 11 is 0. The largest absolute Gasteiger partial charge is 0.437 e. The maximum Gasteiger partial charge on any atom is 0.374 e. The highest BCUT2D eigenvalue weighted by Crippen LogP contribution is 2.16. The third-order valence-corrected chi connectivity index (χ3v) is 4.38. The van der Waals surface area contributed by atoms with E-state index in [1.165, 1.54) is 0 Å². The molecule has 1 aromatic rings. The Balaban J connectivity index is 2.71. The molecule has 1 aromatic heterocycles. The summed E-state index contributed by atoms with van der Waals surface area (Å²) in [6.45, 7) is 9.38. The topological polar surface area (TPSA) is 122 Å².